The SMILES string of the molecule is BrCCc1cn(CCc2ccccc2)nn1. The van der Waals surface area contributed by atoms with Gasteiger partial charge < -0.3 is 0 Å². The van der Waals surface area contributed by atoms with E-state index in [0.29, 0.717) is 0 Å². The van der Waals surface area contributed by atoms with E-state index in [0.717, 1.165) is 30.4 Å². The average molecular weight is 280 g/mol. The van der Waals surface area contributed by atoms with Crippen LogP contribution in [0.2, 0.25) is 0 Å². The third-order valence-electron chi connectivity index (χ3n) is 2.41. The van der Waals surface area contributed by atoms with Gasteiger partial charge in [-0.3, -0.25) is 4.68 Å². The fraction of sp³-hybridized carbons (Fsp3) is 0.333. The van der Waals surface area contributed by atoms with Crippen LogP contribution >= 0.6 is 15.9 Å². The van der Waals surface area contributed by atoms with E-state index in [1.54, 1.807) is 0 Å². The molecular formula is C12H14BrN3. The molecule has 0 aliphatic carbocycles. The summed E-state index contributed by atoms with van der Waals surface area (Å²) >= 11 is 3.39. The molecule has 0 atom stereocenters. The highest BCUT2D eigenvalue weighted by molar-refractivity contribution is 9.09. The van der Waals surface area contributed by atoms with Gasteiger partial charge in [-0.05, 0) is 12.0 Å². The number of nitrogens with zero attached hydrogens (tertiary/aromatic N) is 3. The van der Waals surface area contributed by atoms with Crippen LogP contribution in [0.1, 0.15) is 11.3 Å². The highest BCUT2D eigenvalue weighted by Crippen LogP contribution is 2.02. The largest absolute Gasteiger partial charge is 0.252 e. The van der Waals surface area contributed by atoms with Gasteiger partial charge in [0.15, 0.2) is 0 Å². The molecule has 2 rings (SSSR count). The first-order valence-electron chi connectivity index (χ1n) is 5.37. The van der Waals surface area contributed by atoms with E-state index in [1.165, 1.54) is 5.56 Å². The van der Waals surface area contributed by atoms with Crippen molar-refractivity contribution >= 4 is 15.9 Å². The van der Waals surface area contributed by atoms with Crippen LogP contribution < -0.4 is 0 Å². The second kappa shape index (κ2) is 5.80. The molecule has 0 unspecified atom stereocenters. The van der Waals surface area contributed by atoms with E-state index < -0.39 is 0 Å². The summed E-state index contributed by atoms with van der Waals surface area (Å²) in [6, 6.07) is 10.4. The van der Waals surface area contributed by atoms with Gasteiger partial charge in [0.25, 0.3) is 0 Å². The monoisotopic (exact) mass is 279 g/mol. The van der Waals surface area contributed by atoms with Gasteiger partial charge in [0, 0.05) is 24.5 Å². The number of rotatable bonds is 5. The number of hydrogen-bond donors (Lipinski definition) is 0. The summed E-state index contributed by atoms with van der Waals surface area (Å²) in [6.45, 7) is 0.888. The molecule has 2 aromatic rings. The quantitative estimate of drug-likeness (QED) is 0.788. The van der Waals surface area contributed by atoms with Crippen LogP contribution in [-0.4, -0.2) is 20.3 Å². The minimum Gasteiger partial charge on any atom is -0.252 e. The maximum atomic E-state index is 4.10. The lowest BCUT2D eigenvalue weighted by atomic mass is 10.1. The van der Waals surface area contributed by atoms with Gasteiger partial charge in [0.1, 0.15) is 0 Å². The molecule has 0 N–H and O–H groups in total. The lowest BCUT2D eigenvalue weighted by Crippen LogP contribution is -2.01. The number of alkyl halides is 1. The third kappa shape index (κ3) is 3.17. The molecule has 0 aliphatic heterocycles. The molecule has 0 aliphatic rings. The zero-order chi connectivity index (χ0) is 11.2. The zero-order valence-electron chi connectivity index (χ0n) is 9.01. The fourth-order valence-corrected chi connectivity index (χ4v) is 1.95. The van der Waals surface area contributed by atoms with E-state index >= 15 is 0 Å². The van der Waals surface area contributed by atoms with E-state index in [2.05, 4.69) is 50.5 Å². The molecule has 0 amide bonds. The Hall–Kier alpha value is -1.16. The topological polar surface area (TPSA) is 30.7 Å². The lowest BCUT2D eigenvalue weighted by molar-refractivity contribution is 0.589. The second-order valence-corrected chi connectivity index (χ2v) is 4.44. The van der Waals surface area contributed by atoms with Crippen molar-refractivity contribution in [2.45, 2.75) is 19.4 Å². The molecule has 0 saturated carbocycles. The van der Waals surface area contributed by atoms with E-state index in [4.69, 9.17) is 0 Å². The standard InChI is InChI=1S/C12H14BrN3/c13-8-6-12-10-16(15-14-12)9-7-11-4-2-1-3-5-11/h1-5,10H,6-9H2. The van der Waals surface area contributed by atoms with Gasteiger partial charge in [-0.25, -0.2) is 0 Å². The van der Waals surface area contributed by atoms with Gasteiger partial charge in [0.05, 0.1) is 5.69 Å². The highest BCUT2D eigenvalue weighted by atomic mass is 79.9. The summed E-state index contributed by atoms with van der Waals surface area (Å²) in [7, 11) is 0. The first-order valence-corrected chi connectivity index (χ1v) is 6.49. The average Bonchev–Trinajstić information content (AvgIpc) is 2.76. The summed E-state index contributed by atoms with van der Waals surface area (Å²) < 4.78 is 1.91. The van der Waals surface area contributed by atoms with Crippen molar-refractivity contribution in [3.8, 4) is 0 Å². The Balaban J connectivity index is 1.89. The van der Waals surface area contributed by atoms with E-state index in [-0.39, 0.29) is 0 Å². The van der Waals surface area contributed by atoms with Crippen LogP contribution in [0.25, 0.3) is 0 Å². The van der Waals surface area contributed by atoms with Crippen molar-refractivity contribution in [3.05, 3.63) is 47.8 Å². The minimum absolute atomic E-state index is 0.888. The summed E-state index contributed by atoms with van der Waals surface area (Å²) in [5.41, 5.74) is 2.38. The van der Waals surface area contributed by atoms with Crippen LogP contribution in [0.5, 0.6) is 0 Å². The number of benzene rings is 1. The fourth-order valence-electron chi connectivity index (χ4n) is 1.55. The summed E-state index contributed by atoms with van der Waals surface area (Å²) in [4.78, 5) is 0. The molecular weight excluding hydrogens is 266 g/mol. The van der Waals surface area contributed by atoms with Crippen LogP contribution in [-0.2, 0) is 19.4 Å². The first-order chi connectivity index (χ1) is 7.88. The Kier molecular flexibility index (Phi) is 4.10. The normalized spacial score (nSPS) is 10.6. The maximum absolute atomic E-state index is 4.10. The van der Waals surface area contributed by atoms with Crippen LogP contribution in [0.15, 0.2) is 36.5 Å². The molecule has 4 heteroatoms. The molecule has 84 valence electrons. The Labute approximate surface area is 104 Å². The molecule has 0 saturated heterocycles. The van der Waals surface area contributed by atoms with Gasteiger partial charge in [-0.15, -0.1) is 5.10 Å². The number of aromatic nitrogens is 3. The lowest BCUT2D eigenvalue weighted by Gasteiger charge is -2.00. The predicted octanol–water partition coefficient (Wildman–Crippen LogP) is 2.46. The van der Waals surface area contributed by atoms with Crippen molar-refractivity contribution in [3.63, 3.8) is 0 Å². The van der Waals surface area contributed by atoms with Crippen molar-refractivity contribution in [1.29, 1.82) is 0 Å². The van der Waals surface area contributed by atoms with Gasteiger partial charge in [-0.2, -0.15) is 0 Å². The van der Waals surface area contributed by atoms with Crippen molar-refractivity contribution in [2.24, 2.45) is 0 Å². The summed E-state index contributed by atoms with van der Waals surface area (Å²) in [6.07, 6.45) is 3.95. The molecule has 0 spiro atoms. The molecule has 1 aromatic carbocycles. The Morgan fingerprint density at radius 3 is 2.69 bits per heavy atom. The number of halogens is 1. The molecule has 0 bridgehead atoms. The van der Waals surface area contributed by atoms with Crippen molar-refractivity contribution < 1.29 is 0 Å². The van der Waals surface area contributed by atoms with Gasteiger partial charge >= 0.3 is 0 Å². The minimum atomic E-state index is 0.888. The Morgan fingerprint density at radius 2 is 1.94 bits per heavy atom. The van der Waals surface area contributed by atoms with E-state index in [1.807, 2.05) is 16.9 Å². The van der Waals surface area contributed by atoms with Crippen molar-refractivity contribution in [2.75, 3.05) is 5.33 Å². The number of aryl methyl sites for hydroxylation is 3. The zero-order valence-corrected chi connectivity index (χ0v) is 10.6. The molecule has 0 fully saturated rings. The van der Waals surface area contributed by atoms with E-state index in [9.17, 15) is 0 Å². The molecule has 16 heavy (non-hydrogen) atoms. The molecule has 1 aromatic heterocycles. The maximum Gasteiger partial charge on any atom is 0.0835 e. The van der Waals surface area contributed by atoms with Crippen LogP contribution in [0.4, 0.5) is 0 Å². The Bertz CT molecular complexity index is 425. The smallest absolute Gasteiger partial charge is 0.0835 e. The highest BCUT2D eigenvalue weighted by Gasteiger charge is 1.99. The summed E-state index contributed by atoms with van der Waals surface area (Å²) in [5.74, 6) is 0. The summed E-state index contributed by atoms with van der Waals surface area (Å²) in [5, 5.41) is 9.13. The van der Waals surface area contributed by atoms with Gasteiger partial charge in [0.2, 0.25) is 0 Å². The Morgan fingerprint density at radius 1 is 1.12 bits per heavy atom. The number of hydrogen-bond acceptors (Lipinski definition) is 2. The van der Waals surface area contributed by atoms with Crippen LogP contribution in [0, 0.1) is 0 Å². The molecule has 3 nitrogen and oxygen atoms in total. The first kappa shape index (κ1) is 11.3. The predicted molar refractivity (Wildman–Crippen MR) is 67.7 cm³/mol. The second-order valence-electron chi connectivity index (χ2n) is 3.65. The molecule has 1 heterocycles. The molecule has 0 radical (unpaired) electrons. The van der Waals surface area contributed by atoms with Crippen LogP contribution in [0.3, 0.4) is 0 Å². The van der Waals surface area contributed by atoms with Gasteiger partial charge in [-0.1, -0.05) is 51.5 Å². The third-order valence-corrected chi connectivity index (χ3v) is 2.81. The van der Waals surface area contributed by atoms with Crippen molar-refractivity contribution in [1.82, 2.24) is 15.0 Å².